The molecule has 0 saturated heterocycles. The zero-order valence-corrected chi connectivity index (χ0v) is 15.2. The summed E-state index contributed by atoms with van der Waals surface area (Å²) in [6, 6.07) is 10.1. The van der Waals surface area contributed by atoms with Gasteiger partial charge in [-0.3, -0.25) is 9.36 Å². The Morgan fingerprint density at radius 2 is 2.17 bits per heavy atom. The molecule has 124 valence electrons. The van der Waals surface area contributed by atoms with Crippen LogP contribution in [0.1, 0.15) is 11.1 Å². The van der Waals surface area contributed by atoms with Gasteiger partial charge in [0.2, 0.25) is 5.91 Å². The Morgan fingerprint density at radius 3 is 2.92 bits per heavy atom. The minimum Gasteiger partial charge on any atom is -0.341 e. The Morgan fingerprint density at radius 1 is 1.33 bits per heavy atom. The molecule has 0 saturated carbocycles. The van der Waals surface area contributed by atoms with Gasteiger partial charge >= 0.3 is 0 Å². The summed E-state index contributed by atoms with van der Waals surface area (Å²) in [5.74, 6) is 0.413. The molecular formula is C17H18N4OS2. The highest BCUT2D eigenvalue weighted by Crippen LogP contribution is 2.22. The SMILES string of the molecule is Cc1ccccc1-n1cnnc1SCC(=O)N(C)Cc1ccsc1. The number of carbonyl (C=O) groups excluding carboxylic acids is 1. The van der Waals surface area contributed by atoms with E-state index in [9.17, 15) is 4.79 Å². The number of hydrogen-bond donors (Lipinski definition) is 0. The number of hydrogen-bond acceptors (Lipinski definition) is 5. The number of nitrogens with zero attached hydrogens (tertiary/aromatic N) is 4. The highest BCUT2D eigenvalue weighted by Gasteiger charge is 2.14. The third-order valence-corrected chi connectivity index (χ3v) is 5.30. The van der Waals surface area contributed by atoms with Gasteiger partial charge in [0.25, 0.3) is 0 Å². The first-order valence-electron chi connectivity index (χ1n) is 7.49. The molecule has 0 unspecified atom stereocenters. The first kappa shape index (κ1) is 16.7. The minimum atomic E-state index is 0.0746. The second kappa shape index (κ2) is 7.63. The van der Waals surface area contributed by atoms with E-state index in [1.165, 1.54) is 11.8 Å². The van der Waals surface area contributed by atoms with E-state index in [-0.39, 0.29) is 5.91 Å². The van der Waals surface area contributed by atoms with E-state index in [0.29, 0.717) is 12.3 Å². The van der Waals surface area contributed by atoms with Gasteiger partial charge in [0.05, 0.1) is 11.4 Å². The average molecular weight is 358 g/mol. The molecule has 0 aliphatic heterocycles. The normalized spacial score (nSPS) is 10.8. The van der Waals surface area contributed by atoms with E-state index in [1.807, 2.05) is 54.3 Å². The average Bonchev–Trinajstić information content (AvgIpc) is 3.24. The van der Waals surface area contributed by atoms with Crippen molar-refractivity contribution < 1.29 is 4.79 Å². The number of para-hydroxylation sites is 1. The first-order chi connectivity index (χ1) is 11.6. The minimum absolute atomic E-state index is 0.0746. The largest absolute Gasteiger partial charge is 0.341 e. The molecule has 2 aromatic heterocycles. The van der Waals surface area contributed by atoms with E-state index < -0.39 is 0 Å². The van der Waals surface area contributed by atoms with Crippen LogP contribution in [-0.4, -0.2) is 38.4 Å². The highest BCUT2D eigenvalue weighted by molar-refractivity contribution is 7.99. The number of aromatic nitrogens is 3. The summed E-state index contributed by atoms with van der Waals surface area (Å²) in [4.78, 5) is 14.1. The summed E-state index contributed by atoms with van der Waals surface area (Å²) in [5.41, 5.74) is 3.33. The molecule has 0 aliphatic carbocycles. The predicted molar refractivity (Wildman–Crippen MR) is 97.6 cm³/mol. The Labute approximate surface area is 149 Å². The molecule has 3 rings (SSSR count). The fourth-order valence-electron chi connectivity index (χ4n) is 2.30. The van der Waals surface area contributed by atoms with Crippen molar-refractivity contribution >= 4 is 29.0 Å². The Hall–Kier alpha value is -2.12. The van der Waals surface area contributed by atoms with E-state index in [4.69, 9.17) is 0 Å². The summed E-state index contributed by atoms with van der Waals surface area (Å²) in [5, 5.41) is 12.9. The molecular weight excluding hydrogens is 340 g/mol. The fourth-order valence-corrected chi connectivity index (χ4v) is 3.83. The Kier molecular flexibility index (Phi) is 5.32. The Balaban J connectivity index is 1.64. The maximum absolute atomic E-state index is 12.3. The van der Waals surface area contributed by atoms with Crippen LogP contribution in [0.5, 0.6) is 0 Å². The maximum atomic E-state index is 12.3. The molecule has 5 nitrogen and oxygen atoms in total. The lowest BCUT2D eigenvalue weighted by atomic mass is 10.2. The number of thiophene rings is 1. The van der Waals surface area contributed by atoms with Crippen LogP contribution in [0.3, 0.4) is 0 Å². The molecule has 0 radical (unpaired) electrons. The number of rotatable bonds is 6. The number of carbonyl (C=O) groups is 1. The summed E-state index contributed by atoms with van der Waals surface area (Å²) in [6.45, 7) is 2.68. The van der Waals surface area contributed by atoms with Crippen LogP contribution in [0.25, 0.3) is 5.69 Å². The fraction of sp³-hybridized carbons (Fsp3) is 0.235. The van der Waals surface area contributed by atoms with Crippen molar-refractivity contribution in [3.8, 4) is 5.69 Å². The summed E-state index contributed by atoms with van der Waals surface area (Å²) < 4.78 is 1.92. The van der Waals surface area contributed by atoms with E-state index in [1.54, 1.807) is 22.6 Å². The molecule has 7 heteroatoms. The lowest BCUT2D eigenvalue weighted by molar-refractivity contribution is -0.127. The van der Waals surface area contributed by atoms with Gasteiger partial charge in [-0.25, -0.2) is 0 Å². The van der Waals surface area contributed by atoms with E-state index in [2.05, 4.69) is 15.6 Å². The zero-order valence-electron chi connectivity index (χ0n) is 13.5. The lowest BCUT2D eigenvalue weighted by Gasteiger charge is -2.16. The summed E-state index contributed by atoms with van der Waals surface area (Å²) in [7, 11) is 1.83. The van der Waals surface area contributed by atoms with Gasteiger partial charge in [0, 0.05) is 13.6 Å². The topological polar surface area (TPSA) is 51.0 Å². The molecule has 0 bridgehead atoms. The standard InChI is InChI=1S/C17H18N4OS2/c1-13-5-3-4-6-15(13)21-12-18-19-17(21)24-11-16(22)20(2)9-14-7-8-23-10-14/h3-8,10,12H,9,11H2,1-2H3. The van der Waals surface area contributed by atoms with Gasteiger partial charge < -0.3 is 4.90 Å². The molecule has 1 aromatic carbocycles. The smallest absolute Gasteiger partial charge is 0.233 e. The third kappa shape index (κ3) is 3.85. The Bertz CT molecular complexity index is 814. The zero-order chi connectivity index (χ0) is 16.9. The second-order valence-electron chi connectivity index (χ2n) is 5.44. The van der Waals surface area contributed by atoms with Gasteiger partial charge in [-0.15, -0.1) is 10.2 Å². The quantitative estimate of drug-likeness (QED) is 0.634. The van der Waals surface area contributed by atoms with Crippen molar-refractivity contribution in [2.45, 2.75) is 18.6 Å². The van der Waals surface area contributed by atoms with Crippen LogP contribution in [0.4, 0.5) is 0 Å². The monoisotopic (exact) mass is 358 g/mol. The lowest BCUT2D eigenvalue weighted by Crippen LogP contribution is -2.27. The molecule has 24 heavy (non-hydrogen) atoms. The predicted octanol–water partition coefficient (Wildman–Crippen LogP) is 3.39. The van der Waals surface area contributed by atoms with Crippen LogP contribution in [0.2, 0.25) is 0 Å². The molecule has 0 aliphatic rings. The summed E-state index contributed by atoms with van der Waals surface area (Å²) in [6.07, 6.45) is 1.68. The number of aryl methyl sites for hydroxylation is 1. The van der Waals surface area contributed by atoms with Crippen molar-refractivity contribution in [2.75, 3.05) is 12.8 Å². The van der Waals surface area contributed by atoms with Crippen molar-refractivity contribution in [1.29, 1.82) is 0 Å². The van der Waals surface area contributed by atoms with Crippen LogP contribution in [0.15, 0.2) is 52.6 Å². The van der Waals surface area contributed by atoms with Crippen molar-refractivity contribution in [3.05, 3.63) is 58.5 Å². The van der Waals surface area contributed by atoms with Crippen molar-refractivity contribution in [1.82, 2.24) is 19.7 Å². The molecule has 0 fully saturated rings. The number of thioether (sulfide) groups is 1. The van der Waals surface area contributed by atoms with Gasteiger partial charge in [-0.05, 0) is 40.9 Å². The number of amides is 1. The first-order valence-corrected chi connectivity index (χ1v) is 9.42. The number of benzene rings is 1. The van der Waals surface area contributed by atoms with Crippen molar-refractivity contribution in [3.63, 3.8) is 0 Å². The molecule has 0 atom stereocenters. The molecule has 0 spiro atoms. The van der Waals surface area contributed by atoms with Crippen LogP contribution in [0, 0.1) is 6.92 Å². The second-order valence-corrected chi connectivity index (χ2v) is 7.16. The molecule has 2 heterocycles. The van der Waals surface area contributed by atoms with Gasteiger partial charge in [-0.1, -0.05) is 30.0 Å². The van der Waals surface area contributed by atoms with Gasteiger partial charge in [-0.2, -0.15) is 11.3 Å². The van der Waals surface area contributed by atoms with E-state index in [0.717, 1.165) is 22.0 Å². The molecule has 1 amide bonds. The molecule has 3 aromatic rings. The van der Waals surface area contributed by atoms with Crippen LogP contribution < -0.4 is 0 Å². The highest BCUT2D eigenvalue weighted by atomic mass is 32.2. The summed E-state index contributed by atoms with van der Waals surface area (Å²) >= 11 is 3.05. The van der Waals surface area contributed by atoms with Crippen LogP contribution >= 0.6 is 23.1 Å². The maximum Gasteiger partial charge on any atom is 0.233 e. The third-order valence-electron chi connectivity index (χ3n) is 3.64. The molecule has 0 N–H and O–H groups in total. The van der Waals surface area contributed by atoms with Gasteiger partial charge in [0.15, 0.2) is 5.16 Å². The van der Waals surface area contributed by atoms with Crippen LogP contribution in [-0.2, 0) is 11.3 Å². The van der Waals surface area contributed by atoms with Gasteiger partial charge in [0.1, 0.15) is 6.33 Å². The van der Waals surface area contributed by atoms with Crippen molar-refractivity contribution in [2.24, 2.45) is 0 Å². The van der Waals surface area contributed by atoms with E-state index >= 15 is 0 Å².